The minimum atomic E-state index is -0.824. The first-order valence-corrected chi connectivity index (χ1v) is 5.55. The van der Waals surface area contributed by atoms with Crippen molar-refractivity contribution in [3.8, 4) is 0 Å². The molecule has 0 saturated carbocycles. The summed E-state index contributed by atoms with van der Waals surface area (Å²) in [5, 5.41) is 9.10. The van der Waals surface area contributed by atoms with Gasteiger partial charge in [-0.15, -0.1) is 0 Å². The number of hydrogen-bond donors (Lipinski definition) is 1. The van der Waals surface area contributed by atoms with Crippen LogP contribution in [0.1, 0.15) is 6.42 Å². The van der Waals surface area contributed by atoms with E-state index < -0.39 is 4.32 Å². The molecular weight excluding hydrogens is 304 g/mol. The molecule has 3 aliphatic rings. The van der Waals surface area contributed by atoms with Crippen molar-refractivity contribution in [1.82, 2.24) is 0 Å². The second-order valence-corrected chi connectivity index (χ2v) is 5.53. The summed E-state index contributed by atoms with van der Waals surface area (Å²) in [6, 6.07) is 0. The van der Waals surface area contributed by atoms with Crippen LogP contribution in [-0.4, -0.2) is 28.1 Å². The van der Waals surface area contributed by atoms with Crippen molar-refractivity contribution in [2.45, 2.75) is 16.8 Å². The molecule has 3 nitrogen and oxygen atoms in total. The summed E-state index contributed by atoms with van der Waals surface area (Å²) in [7, 11) is 0. The van der Waals surface area contributed by atoms with E-state index in [0.717, 1.165) is 4.48 Å². The quantitative estimate of drug-likeness (QED) is 0.587. The highest BCUT2D eigenvalue weighted by Gasteiger charge is 2.53. The predicted octanol–water partition coefficient (Wildman–Crippen LogP) is 1.34. The van der Waals surface area contributed by atoms with Crippen LogP contribution in [0.3, 0.4) is 0 Å². The summed E-state index contributed by atoms with van der Waals surface area (Å²) in [6.07, 6.45) is 2.25. The fourth-order valence-electron chi connectivity index (χ4n) is 1.71. The number of hydrogen-bond acceptors (Lipinski definition) is 3. The lowest BCUT2D eigenvalue weighted by Crippen LogP contribution is -2.53. The van der Waals surface area contributed by atoms with E-state index in [-0.39, 0.29) is 24.6 Å². The number of fused-ring (bicyclic) bond motifs is 2. The molecular formula is C8H8Br2O3. The highest BCUT2D eigenvalue weighted by Crippen LogP contribution is 2.47. The van der Waals surface area contributed by atoms with Crippen molar-refractivity contribution in [3.05, 3.63) is 10.6 Å². The van der Waals surface area contributed by atoms with E-state index in [1.165, 1.54) is 0 Å². The second-order valence-electron chi connectivity index (χ2n) is 3.31. The first-order chi connectivity index (χ1) is 6.08. The van der Waals surface area contributed by atoms with Crippen molar-refractivity contribution in [3.63, 3.8) is 0 Å². The maximum Gasteiger partial charge on any atom is 0.327 e. The summed E-state index contributed by atoms with van der Waals surface area (Å²) in [5.41, 5.74) is 0. The van der Waals surface area contributed by atoms with Crippen molar-refractivity contribution in [1.29, 1.82) is 0 Å². The Labute approximate surface area is 92.4 Å². The molecule has 0 aromatic rings. The lowest BCUT2D eigenvalue weighted by atomic mass is 9.80. The zero-order valence-electron chi connectivity index (χ0n) is 6.67. The van der Waals surface area contributed by atoms with Crippen LogP contribution in [0.15, 0.2) is 10.6 Å². The normalized spacial score (nSPS) is 43.0. The lowest BCUT2D eigenvalue weighted by molar-refractivity contribution is -0.159. The van der Waals surface area contributed by atoms with Crippen LogP contribution in [-0.2, 0) is 9.53 Å². The van der Waals surface area contributed by atoms with Crippen molar-refractivity contribution < 1.29 is 14.6 Å². The van der Waals surface area contributed by atoms with Gasteiger partial charge >= 0.3 is 5.97 Å². The summed E-state index contributed by atoms with van der Waals surface area (Å²) < 4.78 is 5.18. The van der Waals surface area contributed by atoms with Gasteiger partial charge in [-0.1, -0.05) is 31.9 Å². The van der Waals surface area contributed by atoms with E-state index in [9.17, 15) is 4.79 Å². The third kappa shape index (κ3) is 1.28. The molecule has 2 heterocycles. The predicted molar refractivity (Wildman–Crippen MR) is 53.7 cm³/mol. The first kappa shape index (κ1) is 9.68. The summed E-state index contributed by atoms with van der Waals surface area (Å²) in [6.45, 7) is -0.00632. The van der Waals surface area contributed by atoms with E-state index in [4.69, 9.17) is 9.84 Å². The molecule has 72 valence electrons. The fourth-order valence-corrected chi connectivity index (χ4v) is 3.33. The highest BCUT2D eigenvalue weighted by molar-refractivity contribution is 9.12. The summed E-state index contributed by atoms with van der Waals surface area (Å²) in [4.78, 5) is 11.4. The number of aliphatic hydroxyl groups is 1. The molecule has 3 atom stereocenters. The van der Waals surface area contributed by atoms with Gasteiger partial charge in [0.05, 0.1) is 0 Å². The van der Waals surface area contributed by atoms with Crippen LogP contribution in [0.2, 0.25) is 0 Å². The summed E-state index contributed by atoms with van der Waals surface area (Å²) in [5.74, 6) is -0.383. The molecule has 0 aromatic carbocycles. The van der Waals surface area contributed by atoms with Crippen LogP contribution >= 0.6 is 31.9 Å². The minimum absolute atomic E-state index is 0.00632. The Morgan fingerprint density at radius 3 is 3.08 bits per heavy atom. The maximum atomic E-state index is 11.4. The molecule has 3 rings (SSSR count). The van der Waals surface area contributed by atoms with Crippen LogP contribution in [0.4, 0.5) is 0 Å². The SMILES string of the molecule is O=C1OC2CC(CO)C1(Br)C=C2Br. The molecule has 5 heteroatoms. The van der Waals surface area contributed by atoms with Gasteiger partial charge in [0, 0.05) is 17.0 Å². The molecule has 13 heavy (non-hydrogen) atoms. The van der Waals surface area contributed by atoms with Crippen LogP contribution in [0.5, 0.6) is 0 Å². The van der Waals surface area contributed by atoms with Crippen molar-refractivity contribution in [2.75, 3.05) is 6.61 Å². The second kappa shape index (κ2) is 3.07. The van der Waals surface area contributed by atoms with Crippen LogP contribution in [0.25, 0.3) is 0 Å². The van der Waals surface area contributed by atoms with Crippen molar-refractivity contribution in [2.24, 2.45) is 5.92 Å². The van der Waals surface area contributed by atoms with Gasteiger partial charge in [0.25, 0.3) is 0 Å². The molecule has 1 saturated heterocycles. The van der Waals surface area contributed by atoms with E-state index in [1.54, 1.807) is 6.08 Å². The first-order valence-electron chi connectivity index (χ1n) is 3.97. The molecule has 0 spiro atoms. The van der Waals surface area contributed by atoms with E-state index >= 15 is 0 Å². The Hall–Kier alpha value is 0.130. The smallest absolute Gasteiger partial charge is 0.327 e. The van der Waals surface area contributed by atoms with Gasteiger partial charge in [0.1, 0.15) is 10.4 Å². The number of halogens is 2. The molecule has 0 radical (unpaired) electrons. The van der Waals surface area contributed by atoms with Gasteiger partial charge in [0.15, 0.2) is 0 Å². The average Bonchev–Trinajstić information content (AvgIpc) is 2.07. The Bertz CT molecular complexity index is 289. The van der Waals surface area contributed by atoms with Gasteiger partial charge in [0.2, 0.25) is 0 Å². The van der Waals surface area contributed by atoms with Gasteiger partial charge in [-0.05, 0) is 12.5 Å². The number of alkyl halides is 1. The molecule has 1 aliphatic carbocycles. The van der Waals surface area contributed by atoms with Gasteiger partial charge in [-0.25, -0.2) is 0 Å². The molecule has 2 bridgehead atoms. The maximum absolute atomic E-state index is 11.4. The third-order valence-electron chi connectivity index (χ3n) is 2.53. The Morgan fingerprint density at radius 2 is 2.46 bits per heavy atom. The molecule has 0 amide bonds. The zero-order chi connectivity index (χ0) is 9.64. The van der Waals surface area contributed by atoms with E-state index in [2.05, 4.69) is 31.9 Å². The fraction of sp³-hybridized carbons (Fsp3) is 0.625. The number of ether oxygens (including phenoxy) is 1. The lowest BCUT2D eigenvalue weighted by Gasteiger charge is -2.43. The van der Waals surface area contributed by atoms with E-state index in [1.807, 2.05) is 0 Å². The Morgan fingerprint density at radius 1 is 1.77 bits per heavy atom. The average molecular weight is 312 g/mol. The number of carbonyl (C=O) groups is 1. The minimum Gasteiger partial charge on any atom is -0.456 e. The third-order valence-corrected chi connectivity index (χ3v) is 4.47. The molecule has 1 fully saturated rings. The number of aliphatic hydroxyl groups excluding tert-OH is 1. The van der Waals surface area contributed by atoms with E-state index in [0.29, 0.717) is 6.42 Å². The zero-order valence-corrected chi connectivity index (χ0v) is 9.84. The largest absolute Gasteiger partial charge is 0.456 e. The molecule has 0 aromatic heterocycles. The Kier molecular flexibility index (Phi) is 2.28. The number of rotatable bonds is 1. The molecule has 3 unspecified atom stereocenters. The van der Waals surface area contributed by atoms with Crippen LogP contribution in [0, 0.1) is 5.92 Å². The topological polar surface area (TPSA) is 46.5 Å². The monoisotopic (exact) mass is 310 g/mol. The highest BCUT2D eigenvalue weighted by atomic mass is 79.9. The van der Waals surface area contributed by atoms with Crippen molar-refractivity contribution >= 4 is 37.8 Å². The molecule has 1 N–H and O–H groups in total. The van der Waals surface area contributed by atoms with Gasteiger partial charge in [-0.3, -0.25) is 4.79 Å². The summed E-state index contributed by atoms with van der Waals surface area (Å²) >= 11 is 6.66. The van der Waals surface area contributed by atoms with Gasteiger partial charge in [-0.2, -0.15) is 0 Å². The molecule has 2 aliphatic heterocycles. The van der Waals surface area contributed by atoms with Crippen LogP contribution < -0.4 is 0 Å². The number of carbonyl (C=O) groups excluding carboxylic acids is 1. The standard InChI is InChI=1S/C8H8Br2O3/c9-5-2-8(10)4(3-11)1-6(5)13-7(8)12/h2,4,6,11H,1,3H2. The number of esters is 1. The Balaban J connectivity index is 2.42. The van der Waals surface area contributed by atoms with Gasteiger partial charge < -0.3 is 9.84 Å².